The summed E-state index contributed by atoms with van der Waals surface area (Å²) in [6, 6.07) is 11.3. The van der Waals surface area contributed by atoms with E-state index >= 15 is 0 Å². The van der Waals surface area contributed by atoms with Gasteiger partial charge >= 0.3 is 5.97 Å². The van der Waals surface area contributed by atoms with Crippen LogP contribution in [0.1, 0.15) is 45.5 Å². The van der Waals surface area contributed by atoms with E-state index in [1.54, 1.807) is 6.07 Å². The monoisotopic (exact) mass is 465 g/mol. The Labute approximate surface area is 197 Å². The summed E-state index contributed by atoms with van der Waals surface area (Å²) in [6.45, 7) is 1.63. The molecule has 3 aliphatic rings. The minimum Gasteiger partial charge on any atom is -0.478 e. The molecule has 4 bridgehead atoms. The van der Waals surface area contributed by atoms with Crippen LogP contribution in [0.25, 0.3) is 0 Å². The van der Waals surface area contributed by atoms with Crippen molar-refractivity contribution >= 4 is 17.8 Å². The number of carbonyl (C=O) groups excluding carboxylic acids is 2. The van der Waals surface area contributed by atoms with E-state index in [-0.39, 0.29) is 53.4 Å². The highest BCUT2D eigenvalue weighted by atomic mass is 16.5. The van der Waals surface area contributed by atoms with E-state index in [1.165, 1.54) is 23.1 Å². The Morgan fingerprint density at radius 3 is 2.71 bits per heavy atom. The van der Waals surface area contributed by atoms with E-state index in [2.05, 4.69) is 10.6 Å². The molecule has 0 radical (unpaired) electrons. The van der Waals surface area contributed by atoms with Crippen LogP contribution in [0.3, 0.4) is 0 Å². The molecule has 0 spiro atoms. The van der Waals surface area contributed by atoms with Gasteiger partial charge in [-0.2, -0.15) is 0 Å². The normalized spacial score (nSPS) is 23.5. The third-order valence-corrected chi connectivity index (χ3v) is 6.33. The third-order valence-electron chi connectivity index (χ3n) is 6.33. The van der Waals surface area contributed by atoms with Gasteiger partial charge in [-0.3, -0.25) is 9.59 Å². The number of aromatic carboxylic acids is 1. The first-order valence-electron chi connectivity index (χ1n) is 11.5. The molecular weight excluding hydrogens is 438 g/mol. The second-order valence-corrected chi connectivity index (χ2v) is 8.98. The van der Waals surface area contributed by atoms with Crippen LogP contribution in [0.2, 0.25) is 0 Å². The second-order valence-electron chi connectivity index (χ2n) is 8.98. The average molecular weight is 466 g/mol. The van der Waals surface area contributed by atoms with Crippen molar-refractivity contribution in [3.05, 3.63) is 59.2 Å². The van der Waals surface area contributed by atoms with Gasteiger partial charge in [0.2, 0.25) is 5.91 Å². The van der Waals surface area contributed by atoms with Crippen LogP contribution in [-0.4, -0.2) is 65.6 Å². The summed E-state index contributed by atoms with van der Waals surface area (Å²) >= 11 is 0. The first kappa shape index (κ1) is 22.4. The average Bonchev–Trinajstić information content (AvgIpc) is 3.66. The molecule has 2 heterocycles. The Kier molecular flexibility index (Phi) is 6.21. The van der Waals surface area contributed by atoms with Gasteiger partial charge in [-0.15, -0.1) is 0 Å². The molecule has 9 heteroatoms. The maximum absolute atomic E-state index is 13.4. The molecule has 5 rings (SSSR count). The van der Waals surface area contributed by atoms with E-state index in [4.69, 9.17) is 9.47 Å². The van der Waals surface area contributed by atoms with E-state index in [1.807, 2.05) is 18.2 Å². The molecule has 2 amide bonds. The van der Waals surface area contributed by atoms with Crippen LogP contribution >= 0.6 is 0 Å². The molecule has 1 saturated carbocycles. The summed E-state index contributed by atoms with van der Waals surface area (Å²) in [5.74, 6) is -1.05. The number of carboxylic acids is 1. The fraction of sp³-hybridized carbons (Fsp3) is 0.400. The number of carboxylic acid groups (broad SMARTS) is 1. The summed E-state index contributed by atoms with van der Waals surface area (Å²) in [4.78, 5) is 39.6. The van der Waals surface area contributed by atoms with Crippen LogP contribution in [0.5, 0.6) is 11.5 Å². The lowest BCUT2D eigenvalue weighted by molar-refractivity contribution is -0.124. The number of benzene rings is 2. The van der Waals surface area contributed by atoms with Gasteiger partial charge in [0.1, 0.15) is 18.0 Å². The van der Waals surface area contributed by atoms with Gasteiger partial charge in [0.25, 0.3) is 5.91 Å². The van der Waals surface area contributed by atoms with Crippen molar-refractivity contribution in [2.45, 2.75) is 44.1 Å². The summed E-state index contributed by atoms with van der Waals surface area (Å²) in [7, 11) is 0. The molecule has 2 fully saturated rings. The number of amides is 2. The van der Waals surface area contributed by atoms with Gasteiger partial charge in [0, 0.05) is 18.2 Å². The van der Waals surface area contributed by atoms with Crippen LogP contribution in [0.4, 0.5) is 0 Å². The van der Waals surface area contributed by atoms with Crippen molar-refractivity contribution < 1.29 is 29.0 Å². The van der Waals surface area contributed by atoms with E-state index in [9.17, 15) is 19.5 Å². The number of ether oxygens (including phenoxy) is 2. The molecule has 2 atom stereocenters. The van der Waals surface area contributed by atoms with Crippen molar-refractivity contribution in [1.82, 2.24) is 15.5 Å². The number of nitrogens with zero attached hydrogens (tertiary/aromatic N) is 1. The number of hydrogen-bond donors (Lipinski definition) is 3. The minimum absolute atomic E-state index is 0.0387. The summed E-state index contributed by atoms with van der Waals surface area (Å²) in [6.07, 6.45) is 2.22. The first-order valence-corrected chi connectivity index (χ1v) is 11.5. The van der Waals surface area contributed by atoms with Crippen LogP contribution in [-0.2, 0) is 16.1 Å². The molecule has 0 unspecified atom stereocenters. The standard InChI is InChI=1S/C25H27N3O6/c29-23-13-28(18-4-5-18)24(30)16-9-17(25(31)32)11-20(10-16)34-19-3-1-2-15(8-19)14-33-22-6-7-26-12-21(22)27-23/h1-3,8-11,18,21-22,26H,4-7,12-14H2,(H,27,29)(H,31,32)/t21-,22+/m1/s1. The van der Waals surface area contributed by atoms with Crippen LogP contribution in [0.15, 0.2) is 42.5 Å². The molecule has 0 aromatic heterocycles. The Morgan fingerprint density at radius 2 is 1.91 bits per heavy atom. The molecule has 2 aromatic rings. The number of carbonyl (C=O) groups is 3. The summed E-state index contributed by atoms with van der Waals surface area (Å²) in [5, 5.41) is 15.9. The van der Waals surface area contributed by atoms with E-state index in [0.717, 1.165) is 31.4 Å². The number of hydrogen-bond acceptors (Lipinski definition) is 6. The quantitative estimate of drug-likeness (QED) is 0.622. The van der Waals surface area contributed by atoms with Crippen LogP contribution in [0, 0.1) is 0 Å². The van der Waals surface area contributed by atoms with Crippen molar-refractivity contribution in [2.24, 2.45) is 0 Å². The second kappa shape index (κ2) is 9.44. The molecule has 1 saturated heterocycles. The highest BCUT2D eigenvalue weighted by molar-refractivity contribution is 6.00. The van der Waals surface area contributed by atoms with Gasteiger partial charge in [-0.25, -0.2) is 4.79 Å². The number of nitrogens with one attached hydrogen (secondary N) is 2. The van der Waals surface area contributed by atoms with Gasteiger partial charge < -0.3 is 30.1 Å². The maximum atomic E-state index is 13.4. The maximum Gasteiger partial charge on any atom is 0.335 e. The lowest BCUT2D eigenvalue weighted by Gasteiger charge is -2.33. The van der Waals surface area contributed by atoms with Crippen molar-refractivity contribution in [1.29, 1.82) is 0 Å². The Morgan fingerprint density at radius 1 is 1.06 bits per heavy atom. The smallest absolute Gasteiger partial charge is 0.335 e. The molecular formula is C25H27N3O6. The van der Waals surface area contributed by atoms with Crippen molar-refractivity contribution in [3.63, 3.8) is 0 Å². The highest BCUT2D eigenvalue weighted by Crippen LogP contribution is 2.31. The highest BCUT2D eigenvalue weighted by Gasteiger charge is 2.36. The number of piperidine rings is 1. The van der Waals surface area contributed by atoms with Gasteiger partial charge in [0.05, 0.1) is 24.3 Å². The largest absolute Gasteiger partial charge is 0.478 e. The topological polar surface area (TPSA) is 117 Å². The molecule has 9 nitrogen and oxygen atoms in total. The molecule has 2 aromatic carbocycles. The molecule has 1 aliphatic carbocycles. The van der Waals surface area contributed by atoms with E-state index in [0.29, 0.717) is 18.9 Å². The summed E-state index contributed by atoms with van der Waals surface area (Å²) < 4.78 is 12.1. The van der Waals surface area contributed by atoms with Gasteiger partial charge in [-0.1, -0.05) is 12.1 Å². The molecule has 34 heavy (non-hydrogen) atoms. The predicted octanol–water partition coefficient (Wildman–Crippen LogP) is 2.16. The van der Waals surface area contributed by atoms with Crippen molar-refractivity contribution in [2.75, 3.05) is 19.6 Å². The zero-order valence-electron chi connectivity index (χ0n) is 18.7. The van der Waals surface area contributed by atoms with Gasteiger partial charge in [0.15, 0.2) is 0 Å². The molecule has 3 N–H and O–H groups in total. The number of rotatable bonds is 2. The lowest BCUT2D eigenvalue weighted by atomic mass is 10.0. The molecule has 178 valence electrons. The third kappa shape index (κ3) is 5.05. The SMILES string of the molecule is O=C1CN(C2CC2)C(=O)c2cc(cc(C(=O)O)c2)Oc2cccc(c2)CO[C@H]2CCNC[C@H]2N1. The zero-order valence-corrected chi connectivity index (χ0v) is 18.7. The fourth-order valence-corrected chi connectivity index (χ4v) is 4.45. The molecule has 2 aliphatic heterocycles. The predicted molar refractivity (Wildman–Crippen MR) is 122 cm³/mol. The van der Waals surface area contributed by atoms with Crippen LogP contribution < -0.4 is 15.4 Å². The fourth-order valence-electron chi connectivity index (χ4n) is 4.45. The lowest BCUT2D eigenvalue weighted by Crippen LogP contribution is -2.56. The Hall–Kier alpha value is -3.43. The number of fused-ring (bicyclic) bond motifs is 5. The summed E-state index contributed by atoms with van der Waals surface area (Å²) in [5.41, 5.74) is 1.01. The first-order chi connectivity index (χ1) is 16.5. The van der Waals surface area contributed by atoms with Gasteiger partial charge in [-0.05, 0) is 61.7 Å². The van der Waals surface area contributed by atoms with Crippen molar-refractivity contribution in [3.8, 4) is 11.5 Å². The minimum atomic E-state index is -1.16. The van der Waals surface area contributed by atoms with E-state index < -0.39 is 5.97 Å². The zero-order chi connectivity index (χ0) is 23.7. The Balaban J connectivity index is 1.53. The Bertz CT molecular complexity index is 1120.